The van der Waals surface area contributed by atoms with Crippen LogP contribution in [-0.4, -0.2) is 99.5 Å². The van der Waals surface area contributed by atoms with Crippen LogP contribution in [0.4, 0.5) is 29.5 Å². The van der Waals surface area contributed by atoms with Crippen molar-refractivity contribution in [2.24, 2.45) is 5.92 Å². The van der Waals surface area contributed by atoms with Gasteiger partial charge in [0.15, 0.2) is 0 Å². The zero-order chi connectivity index (χ0) is 45.9. The number of nitrogens with one attached hydrogen (secondary N) is 4. The number of allylic oxidation sites excluding steroid dienone is 1. The molecule has 0 aliphatic carbocycles. The molecule has 4 amide bonds. The monoisotopic (exact) mass is 899 g/mol. The van der Waals surface area contributed by atoms with E-state index in [0.717, 1.165) is 23.6 Å². The van der Waals surface area contributed by atoms with E-state index >= 15 is 0 Å². The number of carbonyl (C=O) groups is 4. The summed E-state index contributed by atoms with van der Waals surface area (Å²) in [5.74, 6) is -0.679. The molecule has 0 unspecified atom stereocenters. The minimum absolute atomic E-state index is 0.0882. The minimum Gasteiger partial charge on any atom is -0.453 e. The fraction of sp³-hybridized carbons (Fsp3) is 0.370. The Hall–Kier alpha value is -6.58. The summed E-state index contributed by atoms with van der Waals surface area (Å²) in [6, 6.07) is 10.5. The normalized spacial score (nSPS) is 19.3. The molecule has 3 aliphatic rings. The van der Waals surface area contributed by atoms with Crippen molar-refractivity contribution in [1.29, 1.82) is 0 Å². The molecule has 2 aromatic carbocycles. The number of hydrogen-bond donors (Lipinski definition) is 4. The van der Waals surface area contributed by atoms with Crippen LogP contribution in [0.5, 0.6) is 0 Å². The summed E-state index contributed by atoms with van der Waals surface area (Å²) < 4.78 is 48.7. The quantitative estimate of drug-likeness (QED) is 0.116. The lowest BCUT2D eigenvalue weighted by Gasteiger charge is -2.44. The predicted octanol–water partition coefficient (Wildman–Crippen LogP) is 7.88. The molecule has 336 valence electrons. The molecule has 18 heteroatoms. The average Bonchev–Trinajstić information content (AvgIpc) is 3.95. The van der Waals surface area contributed by atoms with Gasteiger partial charge < -0.3 is 40.4 Å². The Bertz CT molecular complexity index is 2490. The summed E-state index contributed by atoms with van der Waals surface area (Å²) in [6.07, 6.45) is 4.48. The standard InChI is InChI=1S/C46H49ClF3N9O5/c1-26(2)41(56-45(63)64-5)44(62)57-17-7-10-39(57)36-9-6-8-31(20-52-36)29-11-13-30(14-12-29)33-18-35(47)37(19-34(33)46(48,49)50)55-42(60)32-15-16-40(53-21-32)58-23-28(4)59(24-27(58)3)43(61)38-22-51-25-54-38/h6,11-16,18-22,25-28,39,41,52H,7-8,10,17,23-24H2,1-5H3,(H,51,54)(H,55,60)(H,56,63)/t27-,28+,39+,41+/m1/s1. The zero-order valence-electron chi connectivity index (χ0n) is 35.9. The molecule has 64 heavy (non-hydrogen) atoms. The van der Waals surface area contributed by atoms with Gasteiger partial charge in [-0.05, 0) is 91.6 Å². The third kappa shape index (κ3) is 9.80. The average molecular weight is 900 g/mol. The minimum atomic E-state index is -4.79. The molecule has 2 fully saturated rings. The van der Waals surface area contributed by atoms with Crippen LogP contribution in [0.25, 0.3) is 16.7 Å². The molecule has 4 N–H and O–H groups in total. The molecule has 3 aliphatic heterocycles. The van der Waals surface area contributed by atoms with Crippen molar-refractivity contribution in [1.82, 2.24) is 35.4 Å². The van der Waals surface area contributed by atoms with Crippen molar-refractivity contribution in [3.63, 3.8) is 0 Å². The Kier molecular flexibility index (Phi) is 13.5. The summed E-state index contributed by atoms with van der Waals surface area (Å²) in [6.45, 7) is 9.01. The number of likely N-dealkylation sites (tertiary alicyclic amines) is 1. The highest BCUT2D eigenvalue weighted by atomic mass is 35.5. The second-order valence-electron chi connectivity index (χ2n) is 16.4. The van der Waals surface area contributed by atoms with E-state index in [1.807, 2.05) is 44.9 Å². The largest absolute Gasteiger partial charge is 0.453 e. The van der Waals surface area contributed by atoms with Gasteiger partial charge in [-0.15, -0.1) is 5.73 Å². The number of H-pyrrole nitrogens is 1. The Morgan fingerprint density at radius 2 is 1.73 bits per heavy atom. The SMILES string of the molecule is COC(=O)N[C@H](C(=O)N1CCC[C@H]1C1=C=CCC(c2ccc(-c3cc(Cl)c(NC(=O)c4ccc(N5C[C@H](C)N(C(=O)c6c[nH]cn6)C[C@H]5C)nc4)cc3C(F)(F)F)cc2)=CN1)C(C)C. The van der Waals surface area contributed by atoms with E-state index < -0.39 is 29.8 Å². The van der Waals surface area contributed by atoms with E-state index in [0.29, 0.717) is 49.7 Å². The Balaban J connectivity index is 1.02. The Morgan fingerprint density at radius 3 is 2.39 bits per heavy atom. The number of methoxy groups -OCH3 is 1. The predicted molar refractivity (Wildman–Crippen MR) is 236 cm³/mol. The van der Waals surface area contributed by atoms with Crippen LogP contribution in [0.1, 0.15) is 78.9 Å². The van der Waals surface area contributed by atoms with Crippen molar-refractivity contribution >= 4 is 52.5 Å². The second-order valence-corrected chi connectivity index (χ2v) is 16.8. The second kappa shape index (κ2) is 19.0. The number of rotatable bonds is 10. The summed E-state index contributed by atoms with van der Waals surface area (Å²) in [7, 11) is 1.25. The topological polar surface area (TPSA) is 165 Å². The van der Waals surface area contributed by atoms with Gasteiger partial charge in [0.05, 0.1) is 47.0 Å². The molecule has 2 aromatic heterocycles. The maximum atomic E-state index is 14.7. The number of imidazole rings is 1. The van der Waals surface area contributed by atoms with E-state index in [1.54, 1.807) is 46.3 Å². The lowest BCUT2D eigenvalue weighted by Crippen LogP contribution is -2.58. The first-order valence-corrected chi connectivity index (χ1v) is 21.3. The Labute approximate surface area is 373 Å². The molecule has 0 radical (unpaired) electrons. The summed E-state index contributed by atoms with van der Waals surface area (Å²) >= 11 is 6.57. The number of aromatic amines is 1. The van der Waals surface area contributed by atoms with E-state index in [4.69, 9.17) is 16.3 Å². The van der Waals surface area contributed by atoms with Crippen LogP contribution < -0.4 is 20.9 Å². The van der Waals surface area contributed by atoms with Crippen LogP contribution in [0.3, 0.4) is 0 Å². The maximum absolute atomic E-state index is 14.7. The Morgan fingerprint density at radius 1 is 0.984 bits per heavy atom. The fourth-order valence-electron chi connectivity index (χ4n) is 8.28. The summed E-state index contributed by atoms with van der Waals surface area (Å²) in [5, 5.41) is 8.40. The third-order valence-corrected chi connectivity index (χ3v) is 12.1. The van der Waals surface area contributed by atoms with E-state index in [-0.39, 0.29) is 63.3 Å². The molecule has 7 rings (SSSR count). The number of alkyl halides is 3. The molecule has 4 atom stereocenters. The van der Waals surface area contributed by atoms with Gasteiger partial charge in [-0.3, -0.25) is 14.4 Å². The number of pyridine rings is 1. The van der Waals surface area contributed by atoms with Crippen LogP contribution in [0.15, 0.2) is 91.0 Å². The molecule has 0 bridgehead atoms. The van der Waals surface area contributed by atoms with Gasteiger partial charge in [-0.1, -0.05) is 49.7 Å². The van der Waals surface area contributed by atoms with E-state index in [1.165, 1.54) is 31.8 Å². The lowest BCUT2D eigenvalue weighted by molar-refractivity contribution is -0.137. The van der Waals surface area contributed by atoms with Crippen molar-refractivity contribution in [2.45, 2.75) is 77.3 Å². The molecule has 2 saturated heterocycles. The molecule has 5 heterocycles. The number of piperazine rings is 1. The van der Waals surface area contributed by atoms with Crippen molar-refractivity contribution in [3.8, 4) is 11.1 Å². The fourth-order valence-corrected chi connectivity index (χ4v) is 8.49. The number of aromatic nitrogens is 3. The highest BCUT2D eigenvalue weighted by Crippen LogP contribution is 2.42. The molecule has 0 saturated carbocycles. The van der Waals surface area contributed by atoms with Crippen LogP contribution >= 0.6 is 11.6 Å². The van der Waals surface area contributed by atoms with Crippen molar-refractivity contribution < 1.29 is 37.1 Å². The van der Waals surface area contributed by atoms with Crippen LogP contribution in [0.2, 0.25) is 5.02 Å². The smallest absolute Gasteiger partial charge is 0.417 e. The van der Waals surface area contributed by atoms with E-state index in [9.17, 15) is 32.3 Å². The number of amides is 4. The molecule has 0 spiro atoms. The number of alkyl carbamates (subject to hydrolysis) is 1. The first-order chi connectivity index (χ1) is 30.5. The summed E-state index contributed by atoms with van der Waals surface area (Å²) in [5.41, 5.74) is 4.94. The van der Waals surface area contributed by atoms with Gasteiger partial charge in [0.1, 0.15) is 17.6 Å². The third-order valence-electron chi connectivity index (χ3n) is 11.7. The number of hydrogen-bond acceptors (Lipinski definition) is 9. The number of ether oxygens (including phenoxy) is 1. The lowest BCUT2D eigenvalue weighted by atomic mass is 9.95. The first-order valence-electron chi connectivity index (χ1n) is 20.9. The number of anilines is 2. The molecule has 14 nitrogen and oxygen atoms in total. The number of halogens is 4. The first kappa shape index (κ1) is 45.4. The summed E-state index contributed by atoms with van der Waals surface area (Å²) in [4.78, 5) is 68.8. The zero-order valence-corrected chi connectivity index (χ0v) is 36.7. The highest BCUT2D eigenvalue weighted by molar-refractivity contribution is 6.34. The van der Waals surface area contributed by atoms with Gasteiger partial charge in [-0.2, -0.15) is 13.2 Å². The van der Waals surface area contributed by atoms with E-state index in [2.05, 4.69) is 36.6 Å². The van der Waals surface area contributed by atoms with Gasteiger partial charge >= 0.3 is 12.3 Å². The van der Waals surface area contributed by atoms with Gasteiger partial charge in [0.25, 0.3) is 11.8 Å². The molecule has 4 aromatic rings. The van der Waals surface area contributed by atoms with Crippen LogP contribution in [0, 0.1) is 5.92 Å². The van der Waals surface area contributed by atoms with Crippen molar-refractivity contribution in [2.75, 3.05) is 37.0 Å². The van der Waals surface area contributed by atoms with Gasteiger partial charge in [-0.25, -0.2) is 14.8 Å². The number of carbonyl (C=O) groups excluding carboxylic acids is 4. The van der Waals surface area contributed by atoms with Gasteiger partial charge in [0, 0.05) is 50.3 Å². The maximum Gasteiger partial charge on any atom is 0.417 e. The number of benzene rings is 2. The van der Waals surface area contributed by atoms with Crippen molar-refractivity contribution in [3.05, 3.63) is 118 Å². The molecular weight excluding hydrogens is 851 g/mol. The highest BCUT2D eigenvalue weighted by Gasteiger charge is 2.38. The molecular formula is C46H49ClF3N9O5. The van der Waals surface area contributed by atoms with Gasteiger partial charge in [0.2, 0.25) is 5.91 Å². The number of nitrogens with zero attached hydrogens (tertiary/aromatic N) is 5. The van der Waals surface area contributed by atoms with Crippen LogP contribution in [-0.2, 0) is 15.7 Å².